The molecule has 0 saturated carbocycles. The summed E-state index contributed by atoms with van der Waals surface area (Å²) in [5.41, 5.74) is 3.15. The number of carbonyl (C=O) groups excluding carboxylic acids is 1. The van der Waals surface area contributed by atoms with E-state index in [0.717, 1.165) is 36.3 Å². The lowest BCUT2D eigenvalue weighted by atomic mass is 9.92. The molecule has 0 bridgehead atoms. The lowest BCUT2D eigenvalue weighted by molar-refractivity contribution is -0.120. The minimum absolute atomic E-state index is 0.0617. The molecule has 1 aliphatic heterocycles. The van der Waals surface area contributed by atoms with Crippen LogP contribution in [0.3, 0.4) is 0 Å². The van der Waals surface area contributed by atoms with Crippen molar-refractivity contribution in [1.82, 2.24) is 4.31 Å². The zero-order valence-corrected chi connectivity index (χ0v) is 19.7. The number of hydrogen-bond acceptors (Lipinski definition) is 4. The first-order chi connectivity index (χ1) is 15.3. The van der Waals surface area contributed by atoms with Gasteiger partial charge in [0.05, 0.1) is 11.0 Å². The number of benzene rings is 2. The van der Waals surface area contributed by atoms with Crippen LogP contribution in [-0.4, -0.2) is 37.8 Å². The van der Waals surface area contributed by atoms with E-state index in [4.69, 9.17) is 4.74 Å². The number of rotatable bonds is 6. The highest BCUT2D eigenvalue weighted by Gasteiger charge is 2.32. The maximum atomic E-state index is 13.2. The fraction of sp³-hybridized carbons (Fsp3) is 0.480. The first-order valence-electron chi connectivity index (χ1n) is 11.5. The van der Waals surface area contributed by atoms with Crippen molar-refractivity contribution in [2.24, 2.45) is 5.92 Å². The molecule has 172 valence electrons. The van der Waals surface area contributed by atoms with Gasteiger partial charge in [-0.2, -0.15) is 4.31 Å². The minimum atomic E-state index is -3.53. The number of hydrogen-bond donors (Lipinski definition) is 1. The van der Waals surface area contributed by atoms with E-state index < -0.39 is 10.0 Å². The molecule has 1 N–H and O–H groups in total. The summed E-state index contributed by atoms with van der Waals surface area (Å²) in [5.74, 6) is 0.503. The first kappa shape index (κ1) is 22.8. The van der Waals surface area contributed by atoms with E-state index in [-0.39, 0.29) is 17.9 Å². The SMILES string of the molecule is CC(C)Oc1ccc(NC(=O)C2CCN(S(=O)(=O)c3ccc4c(c3)CCCC4)CC2)cc1. The van der Waals surface area contributed by atoms with Crippen LogP contribution in [0.2, 0.25) is 0 Å². The number of piperidine rings is 1. The van der Waals surface area contributed by atoms with E-state index in [1.807, 2.05) is 50.2 Å². The third-order valence-electron chi connectivity index (χ3n) is 6.28. The summed E-state index contributed by atoms with van der Waals surface area (Å²) in [6, 6.07) is 12.9. The average molecular weight is 457 g/mol. The van der Waals surface area contributed by atoms with Crippen molar-refractivity contribution >= 4 is 21.6 Å². The average Bonchev–Trinajstić information content (AvgIpc) is 2.79. The van der Waals surface area contributed by atoms with Crippen molar-refractivity contribution < 1.29 is 17.9 Å². The van der Waals surface area contributed by atoms with Gasteiger partial charge in [-0.3, -0.25) is 4.79 Å². The molecule has 0 unspecified atom stereocenters. The molecule has 1 heterocycles. The van der Waals surface area contributed by atoms with Crippen LogP contribution < -0.4 is 10.1 Å². The van der Waals surface area contributed by atoms with Gasteiger partial charge in [-0.05, 0) is 99.9 Å². The Hall–Kier alpha value is -2.38. The predicted octanol–water partition coefficient (Wildman–Crippen LogP) is 4.39. The van der Waals surface area contributed by atoms with Crippen LogP contribution in [0.25, 0.3) is 0 Å². The van der Waals surface area contributed by atoms with Gasteiger partial charge in [0.2, 0.25) is 15.9 Å². The monoisotopic (exact) mass is 456 g/mol. The maximum Gasteiger partial charge on any atom is 0.243 e. The largest absolute Gasteiger partial charge is 0.491 e. The number of amides is 1. The van der Waals surface area contributed by atoms with E-state index in [0.29, 0.717) is 30.8 Å². The van der Waals surface area contributed by atoms with Gasteiger partial charge in [-0.1, -0.05) is 6.07 Å². The van der Waals surface area contributed by atoms with Crippen molar-refractivity contribution in [3.63, 3.8) is 0 Å². The van der Waals surface area contributed by atoms with E-state index in [1.165, 1.54) is 16.3 Å². The van der Waals surface area contributed by atoms with E-state index in [9.17, 15) is 13.2 Å². The number of ether oxygens (including phenoxy) is 1. The number of anilines is 1. The molecule has 32 heavy (non-hydrogen) atoms. The fourth-order valence-corrected chi connectivity index (χ4v) is 6.03. The van der Waals surface area contributed by atoms with Crippen LogP contribution in [0, 0.1) is 5.92 Å². The normalized spacial score (nSPS) is 17.7. The van der Waals surface area contributed by atoms with Crippen molar-refractivity contribution in [1.29, 1.82) is 0 Å². The summed E-state index contributed by atoms with van der Waals surface area (Å²) in [5, 5.41) is 2.95. The van der Waals surface area contributed by atoms with Gasteiger partial charge in [0.1, 0.15) is 5.75 Å². The Morgan fingerprint density at radius 3 is 2.31 bits per heavy atom. The van der Waals surface area contributed by atoms with Gasteiger partial charge in [-0.25, -0.2) is 8.42 Å². The first-order valence-corrected chi connectivity index (χ1v) is 13.0. The van der Waals surface area contributed by atoms with Gasteiger partial charge >= 0.3 is 0 Å². The summed E-state index contributed by atoms with van der Waals surface area (Å²) >= 11 is 0. The van der Waals surface area contributed by atoms with Crippen molar-refractivity contribution in [2.45, 2.75) is 63.4 Å². The Bertz CT molecular complexity index is 1060. The summed E-state index contributed by atoms with van der Waals surface area (Å²) < 4.78 is 33.5. The molecule has 0 aromatic heterocycles. The third kappa shape index (κ3) is 5.15. The predicted molar refractivity (Wildman–Crippen MR) is 125 cm³/mol. The van der Waals surface area contributed by atoms with Crippen LogP contribution >= 0.6 is 0 Å². The minimum Gasteiger partial charge on any atom is -0.491 e. The number of nitrogens with one attached hydrogen (secondary N) is 1. The highest BCUT2D eigenvalue weighted by atomic mass is 32.2. The summed E-state index contributed by atoms with van der Waals surface area (Å²) in [6.45, 7) is 4.65. The molecule has 2 aromatic carbocycles. The second kappa shape index (κ2) is 9.63. The highest BCUT2D eigenvalue weighted by Crippen LogP contribution is 2.29. The van der Waals surface area contributed by atoms with E-state index in [1.54, 1.807) is 6.07 Å². The van der Waals surface area contributed by atoms with Crippen LogP contribution in [0.5, 0.6) is 5.75 Å². The van der Waals surface area contributed by atoms with Crippen LogP contribution in [0.1, 0.15) is 50.7 Å². The number of aryl methyl sites for hydroxylation is 2. The second-order valence-corrected chi connectivity index (χ2v) is 10.9. The molecule has 4 rings (SSSR count). The van der Waals surface area contributed by atoms with Crippen LogP contribution in [-0.2, 0) is 27.7 Å². The topological polar surface area (TPSA) is 75.7 Å². The van der Waals surface area contributed by atoms with Crippen LogP contribution in [0.4, 0.5) is 5.69 Å². The van der Waals surface area contributed by atoms with Gasteiger partial charge < -0.3 is 10.1 Å². The van der Waals surface area contributed by atoms with Gasteiger partial charge in [0, 0.05) is 24.7 Å². The quantitative estimate of drug-likeness (QED) is 0.699. The Balaban J connectivity index is 1.34. The molecular formula is C25H32N2O4S. The maximum absolute atomic E-state index is 13.2. The van der Waals surface area contributed by atoms with E-state index in [2.05, 4.69) is 5.32 Å². The highest BCUT2D eigenvalue weighted by molar-refractivity contribution is 7.89. The second-order valence-electron chi connectivity index (χ2n) is 9.00. The van der Waals surface area contributed by atoms with Crippen molar-refractivity contribution in [2.75, 3.05) is 18.4 Å². The molecule has 2 aliphatic rings. The molecule has 1 aliphatic carbocycles. The Morgan fingerprint density at radius 1 is 1.00 bits per heavy atom. The molecule has 0 spiro atoms. The molecule has 1 saturated heterocycles. The summed E-state index contributed by atoms with van der Waals surface area (Å²) in [6.07, 6.45) is 5.40. The van der Waals surface area contributed by atoms with E-state index >= 15 is 0 Å². The molecule has 2 aromatic rings. The Labute approximate surface area is 191 Å². The number of nitrogens with zero attached hydrogens (tertiary/aromatic N) is 1. The lowest BCUT2D eigenvalue weighted by Crippen LogP contribution is -2.41. The number of fused-ring (bicyclic) bond motifs is 1. The fourth-order valence-electron chi connectivity index (χ4n) is 4.51. The molecule has 6 nitrogen and oxygen atoms in total. The molecular weight excluding hydrogens is 424 g/mol. The molecule has 7 heteroatoms. The molecule has 0 radical (unpaired) electrons. The Kier molecular flexibility index (Phi) is 6.86. The zero-order chi connectivity index (χ0) is 22.7. The molecule has 1 fully saturated rings. The number of sulfonamides is 1. The van der Waals surface area contributed by atoms with Crippen molar-refractivity contribution in [3.05, 3.63) is 53.6 Å². The summed E-state index contributed by atoms with van der Waals surface area (Å²) in [4.78, 5) is 13.1. The zero-order valence-electron chi connectivity index (χ0n) is 18.8. The van der Waals surface area contributed by atoms with Crippen molar-refractivity contribution in [3.8, 4) is 5.75 Å². The smallest absolute Gasteiger partial charge is 0.243 e. The number of carbonyl (C=O) groups is 1. The standard InChI is InChI=1S/C25H32N2O4S/c1-18(2)31-23-10-8-22(9-11-23)26-25(28)20-13-15-27(16-14-20)32(29,30)24-12-7-19-5-3-4-6-21(19)17-24/h7-12,17-18,20H,3-6,13-16H2,1-2H3,(H,26,28). The van der Waals surface area contributed by atoms with Gasteiger partial charge in [0.25, 0.3) is 0 Å². The van der Waals surface area contributed by atoms with Crippen LogP contribution in [0.15, 0.2) is 47.4 Å². The lowest BCUT2D eigenvalue weighted by Gasteiger charge is -2.31. The van der Waals surface area contributed by atoms with Gasteiger partial charge in [0.15, 0.2) is 0 Å². The Morgan fingerprint density at radius 2 is 1.66 bits per heavy atom. The third-order valence-corrected chi connectivity index (χ3v) is 8.17. The molecule has 1 amide bonds. The molecule has 0 atom stereocenters. The van der Waals surface area contributed by atoms with Gasteiger partial charge in [-0.15, -0.1) is 0 Å². The summed E-state index contributed by atoms with van der Waals surface area (Å²) in [7, 11) is -3.53.